The molecular formula is C39H60N6O7S. The van der Waals surface area contributed by atoms with E-state index in [9.17, 15) is 32.4 Å². The molecule has 5 amide bonds. The number of carbonyl (C=O) groups is 5. The molecule has 3 aliphatic carbocycles. The Balaban J connectivity index is 1.30. The first kappa shape index (κ1) is 40.7. The van der Waals surface area contributed by atoms with Crippen LogP contribution in [-0.4, -0.2) is 84.9 Å². The highest BCUT2D eigenvalue weighted by Gasteiger charge is 2.70. The van der Waals surface area contributed by atoms with Crippen molar-refractivity contribution in [2.45, 2.75) is 142 Å². The van der Waals surface area contributed by atoms with E-state index in [1.54, 1.807) is 0 Å². The number of ketones is 1. The molecule has 5 atom stereocenters. The van der Waals surface area contributed by atoms with Crippen molar-refractivity contribution in [2.75, 3.05) is 12.3 Å². The minimum atomic E-state index is -3.79. The molecule has 1 aromatic carbocycles. The second kappa shape index (κ2) is 16.1. The molecule has 5 rings (SSSR count). The Kier molecular flexibility index (Phi) is 12.3. The Bertz CT molecular complexity index is 1630. The number of rotatable bonds is 16. The molecule has 1 aliphatic heterocycles. The van der Waals surface area contributed by atoms with Gasteiger partial charge in [0.25, 0.3) is 5.91 Å². The fourth-order valence-corrected chi connectivity index (χ4v) is 9.93. The first-order valence-corrected chi connectivity index (χ1v) is 21.1. The largest absolute Gasteiger partial charge is 0.347 e. The van der Waals surface area contributed by atoms with E-state index in [1.807, 2.05) is 58.0 Å². The number of sulfonamides is 1. The third-order valence-corrected chi connectivity index (χ3v) is 13.3. The second-order valence-electron chi connectivity index (χ2n) is 17.5. The van der Waals surface area contributed by atoms with Crippen molar-refractivity contribution < 1.29 is 32.4 Å². The normalized spacial score (nSPS) is 24.3. The van der Waals surface area contributed by atoms with Crippen molar-refractivity contribution >= 4 is 39.6 Å². The number of fused-ring (bicyclic) bond motifs is 1. The number of amides is 5. The molecule has 1 heterocycles. The first-order valence-electron chi connectivity index (χ1n) is 19.4. The van der Waals surface area contributed by atoms with Gasteiger partial charge in [0.1, 0.15) is 12.1 Å². The van der Waals surface area contributed by atoms with Gasteiger partial charge < -0.3 is 26.2 Å². The average molecular weight is 757 g/mol. The van der Waals surface area contributed by atoms with E-state index in [2.05, 4.69) is 39.8 Å². The summed E-state index contributed by atoms with van der Waals surface area (Å²) >= 11 is 0. The van der Waals surface area contributed by atoms with Crippen LogP contribution in [0.15, 0.2) is 30.3 Å². The van der Waals surface area contributed by atoms with Gasteiger partial charge in [0.2, 0.25) is 27.6 Å². The summed E-state index contributed by atoms with van der Waals surface area (Å²) in [7, 11) is -3.79. The number of nitrogens with zero attached hydrogens (tertiary/aromatic N) is 1. The predicted molar refractivity (Wildman–Crippen MR) is 202 cm³/mol. The molecule has 0 radical (unpaired) electrons. The molecule has 0 aromatic heterocycles. The minimum absolute atomic E-state index is 0.00215. The SMILES string of the molecule is CCCC[C@H](NC(=O)[C@@H]1[C@@H]2[C@H](CN1C(=O)[C@@H](NC(=O)NC1(CS(=O)(=O)NCc3ccccc3)CCCCC1)C(C)(C)C)C2(C)C)C(=O)C(=O)NC1CC1. The van der Waals surface area contributed by atoms with Crippen LogP contribution >= 0.6 is 0 Å². The summed E-state index contributed by atoms with van der Waals surface area (Å²) in [6, 6.07) is 5.64. The van der Waals surface area contributed by atoms with Gasteiger partial charge in [-0.2, -0.15) is 0 Å². The Morgan fingerprint density at radius 3 is 2.23 bits per heavy atom. The van der Waals surface area contributed by atoms with Crippen LogP contribution in [0.3, 0.4) is 0 Å². The van der Waals surface area contributed by atoms with Gasteiger partial charge in [-0.15, -0.1) is 0 Å². The molecule has 4 fully saturated rings. The average Bonchev–Trinajstić information content (AvgIpc) is 3.94. The van der Waals surface area contributed by atoms with Gasteiger partial charge in [-0.05, 0) is 60.3 Å². The second-order valence-corrected chi connectivity index (χ2v) is 19.3. The van der Waals surface area contributed by atoms with Gasteiger partial charge in [0.05, 0.1) is 17.3 Å². The fraction of sp³-hybridized carbons (Fsp3) is 0.718. The summed E-state index contributed by atoms with van der Waals surface area (Å²) in [6.45, 7) is 12.0. The number of likely N-dealkylation sites (tertiary alicyclic amines) is 1. The topological polar surface area (TPSA) is 183 Å². The van der Waals surface area contributed by atoms with E-state index < -0.39 is 68.6 Å². The van der Waals surface area contributed by atoms with Crippen LogP contribution in [0.5, 0.6) is 0 Å². The number of hydrogen-bond donors (Lipinski definition) is 5. The number of nitrogens with one attached hydrogen (secondary N) is 5. The van der Waals surface area contributed by atoms with Gasteiger partial charge in [0, 0.05) is 19.1 Å². The zero-order valence-electron chi connectivity index (χ0n) is 32.3. The van der Waals surface area contributed by atoms with Crippen LogP contribution in [0.1, 0.15) is 111 Å². The highest BCUT2D eigenvalue weighted by Crippen LogP contribution is 2.65. The molecule has 0 spiro atoms. The molecule has 3 saturated carbocycles. The van der Waals surface area contributed by atoms with Crippen molar-refractivity contribution in [3.8, 4) is 0 Å². The highest BCUT2D eigenvalue weighted by molar-refractivity contribution is 7.89. The van der Waals surface area contributed by atoms with Gasteiger partial charge in [-0.25, -0.2) is 17.9 Å². The summed E-state index contributed by atoms with van der Waals surface area (Å²) in [5, 5.41) is 11.5. The third-order valence-electron chi connectivity index (χ3n) is 11.8. The molecule has 294 valence electrons. The van der Waals surface area contributed by atoms with Crippen LogP contribution in [-0.2, 0) is 35.7 Å². The molecule has 1 saturated heterocycles. The van der Waals surface area contributed by atoms with Gasteiger partial charge in [0.15, 0.2) is 0 Å². The summed E-state index contributed by atoms with van der Waals surface area (Å²) < 4.78 is 29.4. The van der Waals surface area contributed by atoms with E-state index in [1.165, 1.54) is 4.90 Å². The van der Waals surface area contributed by atoms with Crippen molar-refractivity contribution in [1.82, 2.24) is 30.9 Å². The van der Waals surface area contributed by atoms with Gasteiger partial charge >= 0.3 is 6.03 Å². The Morgan fingerprint density at radius 1 is 0.962 bits per heavy atom. The van der Waals surface area contributed by atoms with E-state index in [4.69, 9.17) is 0 Å². The van der Waals surface area contributed by atoms with Crippen molar-refractivity contribution in [1.29, 1.82) is 0 Å². The third kappa shape index (κ3) is 9.97. The fourth-order valence-electron chi connectivity index (χ4n) is 8.35. The van der Waals surface area contributed by atoms with Crippen LogP contribution in [0.25, 0.3) is 0 Å². The molecule has 1 aromatic rings. The molecular weight excluding hydrogens is 697 g/mol. The number of piperidine rings is 1. The molecule has 13 nitrogen and oxygen atoms in total. The first-order chi connectivity index (χ1) is 24.9. The summed E-state index contributed by atoms with van der Waals surface area (Å²) in [5.41, 5.74) is -1.19. The standard InChI is InChI=1S/C39H60N6O7S/c1-7-8-17-28(31(46)34(48)41-26-18-19-26)42-33(47)30-29-27(38(29,5)6)23-45(30)35(49)32(37(2,3)4)43-36(50)44-39(20-13-10-14-21-39)24-53(51,52)40-22-25-15-11-9-12-16-25/h9,11-12,15-16,26-30,32,40H,7-8,10,13-14,17-24H2,1-6H3,(H,41,48)(H,42,47)(H2,43,44,50)/t27-,28-,29-,30-,32+/m0/s1. The smallest absolute Gasteiger partial charge is 0.315 e. The lowest BCUT2D eigenvalue weighted by Crippen LogP contribution is -2.64. The number of Topliss-reactive ketones (excluding diaryl/α,β-unsaturated/α-hetero) is 1. The Morgan fingerprint density at radius 2 is 1.62 bits per heavy atom. The van der Waals surface area contributed by atoms with Gasteiger partial charge in [-0.3, -0.25) is 19.2 Å². The maximum Gasteiger partial charge on any atom is 0.315 e. The van der Waals surface area contributed by atoms with E-state index in [-0.39, 0.29) is 35.6 Å². The summed E-state index contributed by atoms with van der Waals surface area (Å²) in [5.74, 6) is -2.67. The molecule has 0 unspecified atom stereocenters. The van der Waals surface area contributed by atoms with E-state index in [0.29, 0.717) is 32.2 Å². The molecule has 5 N–H and O–H groups in total. The van der Waals surface area contributed by atoms with Crippen molar-refractivity contribution in [3.63, 3.8) is 0 Å². The lowest BCUT2D eigenvalue weighted by molar-refractivity contribution is -0.145. The maximum atomic E-state index is 14.5. The quantitative estimate of drug-likeness (QED) is 0.160. The number of hydrogen-bond acceptors (Lipinski definition) is 7. The molecule has 14 heteroatoms. The molecule has 53 heavy (non-hydrogen) atoms. The lowest BCUT2D eigenvalue weighted by atomic mass is 9.83. The monoisotopic (exact) mass is 756 g/mol. The van der Waals surface area contributed by atoms with Crippen molar-refractivity contribution in [3.05, 3.63) is 35.9 Å². The van der Waals surface area contributed by atoms with Crippen LogP contribution in [0.2, 0.25) is 0 Å². The lowest BCUT2D eigenvalue weighted by Gasteiger charge is -2.40. The zero-order valence-corrected chi connectivity index (χ0v) is 33.1. The van der Waals surface area contributed by atoms with E-state index >= 15 is 0 Å². The van der Waals surface area contributed by atoms with Crippen LogP contribution in [0, 0.1) is 22.7 Å². The Labute approximate surface area is 315 Å². The van der Waals surface area contributed by atoms with E-state index in [0.717, 1.165) is 44.1 Å². The number of urea groups is 1. The summed E-state index contributed by atoms with van der Waals surface area (Å²) in [6.07, 6.45) is 6.76. The van der Waals surface area contributed by atoms with Crippen molar-refractivity contribution in [2.24, 2.45) is 22.7 Å². The molecule has 4 aliphatic rings. The Hall–Kier alpha value is -3.52. The number of carbonyl (C=O) groups excluding carboxylic acids is 5. The molecule has 0 bridgehead atoms. The number of benzene rings is 1. The number of unbranched alkanes of at least 4 members (excludes halogenated alkanes) is 1. The minimum Gasteiger partial charge on any atom is -0.347 e. The van der Waals surface area contributed by atoms with Crippen LogP contribution < -0.4 is 26.0 Å². The van der Waals surface area contributed by atoms with Crippen LogP contribution in [0.4, 0.5) is 4.79 Å². The predicted octanol–water partition coefficient (Wildman–Crippen LogP) is 3.53. The summed E-state index contributed by atoms with van der Waals surface area (Å²) in [4.78, 5) is 70.0. The van der Waals surface area contributed by atoms with Gasteiger partial charge in [-0.1, -0.05) is 104 Å². The highest BCUT2D eigenvalue weighted by atomic mass is 32.2. The maximum absolute atomic E-state index is 14.5. The zero-order chi connectivity index (χ0) is 38.8.